The summed E-state index contributed by atoms with van der Waals surface area (Å²) in [4.78, 5) is 24.2. The van der Waals surface area contributed by atoms with E-state index in [0.717, 1.165) is 11.1 Å². The first-order chi connectivity index (χ1) is 12.0. The van der Waals surface area contributed by atoms with Crippen molar-refractivity contribution in [3.05, 3.63) is 71.3 Å². The van der Waals surface area contributed by atoms with E-state index in [-0.39, 0.29) is 18.5 Å². The van der Waals surface area contributed by atoms with E-state index in [1.54, 1.807) is 26.8 Å². The lowest BCUT2D eigenvalue weighted by Gasteiger charge is -2.15. The van der Waals surface area contributed by atoms with Crippen molar-refractivity contribution in [1.82, 2.24) is 0 Å². The highest BCUT2D eigenvalue weighted by Gasteiger charge is 2.19. The molecule has 2 aromatic rings. The van der Waals surface area contributed by atoms with Crippen LogP contribution in [0.15, 0.2) is 54.6 Å². The molecular weight excluding hydrogens is 316 g/mol. The molecule has 0 aromatic heterocycles. The Morgan fingerprint density at radius 1 is 0.880 bits per heavy atom. The Hall–Kier alpha value is -2.62. The van der Waals surface area contributed by atoms with Crippen molar-refractivity contribution in [3.8, 4) is 0 Å². The van der Waals surface area contributed by atoms with Crippen molar-refractivity contribution >= 4 is 11.9 Å². The molecule has 0 spiro atoms. The molecule has 2 rings (SSSR count). The van der Waals surface area contributed by atoms with Crippen LogP contribution in [-0.2, 0) is 20.7 Å². The first kappa shape index (κ1) is 18.7. The number of carbonyl (C=O) groups is 2. The maximum absolute atomic E-state index is 12.5. The average molecular weight is 340 g/mol. The molecule has 0 radical (unpaired) electrons. The molecule has 0 saturated carbocycles. The second kappa shape index (κ2) is 9.02. The zero-order valence-corrected chi connectivity index (χ0v) is 14.9. The van der Waals surface area contributed by atoms with E-state index in [9.17, 15) is 9.59 Å². The van der Waals surface area contributed by atoms with Gasteiger partial charge in [-0.15, -0.1) is 0 Å². The summed E-state index contributed by atoms with van der Waals surface area (Å²) in [6.45, 7) is 5.27. The van der Waals surface area contributed by atoms with Crippen LogP contribution in [0.3, 0.4) is 0 Å². The fraction of sp³-hybridized carbons (Fsp3) is 0.333. The molecule has 132 valence electrons. The molecule has 0 aliphatic heterocycles. The van der Waals surface area contributed by atoms with Crippen molar-refractivity contribution in [3.63, 3.8) is 0 Å². The summed E-state index contributed by atoms with van der Waals surface area (Å²) in [5.74, 6) is -0.788. The molecule has 1 atom stereocenters. The Morgan fingerprint density at radius 2 is 1.52 bits per heavy atom. The Kier molecular flexibility index (Phi) is 6.75. The minimum Gasteiger partial charge on any atom is -0.463 e. The third kappa shape index (κ3) is 6.07. The highest BCUT2D eigenvalue weighted by atomic mass is 16.6. The number of hydrogen-bond donors (Lipinski definition) is 0. The molecule has 4 nitrogen and oxygen atoms in total. The van der Waals surface area contributed by atoms with Gasteiger partial charge in [-0.1, -0.05) is 48.5 Å². The summed E-state index contributed by atoms with van der Waals surface area (Å²) in [6, 6.07) is 17.3. The van der Waals surface area contributed by atoms with E-state index in [2.05, 4.69) is 0 Å². The topological polar surface area (TPSA) is 52.6 Å². The van der Waals surface area contributed by atoms with Gasteiger partial charge in [0.15, 0.2) is 0 Å². The second-order valence-corrected chi connectivity index (χ2v) is 6.28. The van der Waals surface area contributed by atoms with Gasteiger partial charge in [0.1, 0.15) is 6.10 Å². The Balaban J connectivity index is 2.03. The zero-order chi connectivity index (χ0) is 18.2. The Bertz CT molecular complexity index is 707. The van der Waals surface area contributed by atoms with E-state index >= 15 is 0 Å². The van der Waals surface area contributed by atoms with Crippen LogP contribution in [0.5, 0.6) is 0 Å². The van der Waals surface area contributed by atoms with Crippen LogP contribution in [0.25, 0.3) is 0 Å². The molecule has 0 N–H and O–H groups in total. The fourth-order valence-electron chi connectivity index (χ4n) is 2.52. The first-order valence-electron chi connectivity index (χ1n) is 8.48. The SMILES string of the molecule is CC(C)OC(=O)CC(C)OC(=O)c1ccccc1Cc1ccccc1. The van der Waals surface area contributed by atoms with Gasteiger partial charge in [-0.2, -0.15) is 0 Å². The standard InChI is InChI=1S/C21H24O4/c1-15(2)24-20(22)13-16(3)25-21(23)19-12-8-7-11-18(19)14-17-9-5-4-6-10-17/h4-12,15-16H,13-14H2,1-3H3. The fourth-order valence-corrected chi connectivity index (χ4v) is 2.52. The van der Waals surface area contributed by atoms with Crippen molar-refractivity contribution in [2.24, 2.45) is 0 Å². The number of rotatable bonds is 7. The van der Waals surface area contributed by atoms with Gasteiger partial charge < -0.3 is 9.47 Å². The molecule has 4 heteroatoms. The van der Waals surface area contributed by atoms with Crippen LogP contribution in [0.1, 0.15) is 48.7 Å². The van der Waals surface area contributed by atoms with Crippen LogP contribution in [0.4, 0.5) is 0 Å². The summed E-state index contributed by atoms with van der Waals surface area (Å²) in [7, 11) is 0. The quantitative estimate of drug-likeness (QED) is 0.710. The second-order valence-electron chi connectivity index (χ2n) is 6.28. The van der Waals surface area contributed by atoms with E-state index in [1.807, 2.05) is 48.5 Å². The lowest BCUT2D eigenvalue weighted by atomic mass is 10.00. The molecule has 1 unspecified atom stereocenters. The molecule has 0 saturated heterocycles. The van der Waals surface area contributed by atoms with Crippen LogP contribution in [0.2, 0.25) is 0 Å². The van der Waals surface area contributed by atoms with E-state index < -0.39 is 12.1 Å². The number of esters is 2. The Labute approximate surface area is 148 Å². The van der Waals surface area contributed by atoms with Gasteiger partial charge in [0, 0.05) is 0 Å². The molecule has 25 heavy (non-hydrogen) atoms. The van der Waals surface area contributed by atoms with Crippen LogP contribution in [-0.4, -0.2) is 24.1 Å². The number of benzene rings is 2. The minimum absolute atomic E-state index is 0.0464. The summed E-state index contributed by atoms with van der Waals surface area (Å²) in [5.41, 5.74) is 2.54. The third-order valence-corrected chi connectivity index (χ3v) is 3.60. The normalized spacial score (nSPS) is 11.8. The maximum Gasteiger partial charge on any atom is 0.338 e. The van der Waals surface area contributed by atoms with Crippen LogP contribution in [0, 0.1) is 0 Å². The average Bonchev–Trinajstić information content (AvgIpc) is 2.55. The predicted octanol–water partition coefficient (Wildman–Crippen LogP) is 4.16. The molecule has 0 heterocycles. The van der Waals surface area contributed by atoms with Gasteiger partial charge in [-0.05, 0) is 44.4 Å². The third-order valence-electron chi connectivity index (χ3n) is 3.60. The molecule has 0 aliphatic carbocycles. The summed E-state index contributed by atoms with van der Waals surface area (Å²) < 4.78 is 10.5. The predicted molar refractivity (Wildman–Crippen MR) is 96.4 cm³/mol. The van der Waals surface area contributed by atoms with Crippen molar-refractivity contribution in [2.45, 2.75) is 45.8 Å². The Morgan fingerprint density at radius 3 is 2.20 bits per heavy atom. The van der Waals surface area contributed by atoms with Gasteiger partial charge in [0.25, 0.3) is 0 Å². The number of hydrogen-bond acceptors (Lipinski definition) is 4. The van der Waals surface area contributed by atoms with Gasteiger partial charge in [0.05, 0.1) is 18.1 Å². The zero-order valence-electron chi connectivity index (χ0n) is 14.9. The number of carbonyl (C=O) groups excluding carboxylic acids is 2. The molecule has 0 bridgehead atoms. The van der Waals surface area contributed by atoms with Gasteiger partial charge >= 0.3 is 11.9 Å². The minimum atomic E-state index is -0.538. The largest absolute Gasteiger partial charge is 0.463 e. The molecule has 0 fully saturated rings. The van der Waals surface area contributed by atoms with Crippen molar-refractivity contribution in [2.75, 3.05) is 0 Å². The van der Waals surface area contributed by atoms with Crippen molar-refractivity contribution < 1.29 is 19.1 Å². The maximum atomic E-state index is 12.5. The summed E-state index contributed by atoms with van der Waals surface area (Å²) in [6.07, 6.45) is -0.0220. The van der Waals surface area contributed by atoms with Crippen molar-refractivity contribution in [1.29, 1.82) is 0 Å². The lowest BCUT2D eigenvalue weighted by Crippen LogP contribution is -2.22. The molecule has 0 aliphatic rings. The smallest absolute Gasteiger partial charge is 0.338 e. The van der Waals surface area contributed by atoms with E-state index in [1.165, 1.54) is 0 Å². The molecule has 0 amide bonds. The van der Waals surface area contributed by atoms with Crippen LogP contribution >= 0.6 is 0 Å². The first-order valence-corrected chi connectivity index (χ1v) is 8.48. The van der Waals surface area contributed by atoms with Crippen LogP contribution < -0.4 is 0 Å². The van der Waals surface area contributed by atoms with Gasteiger partial charge in [0.2, 0.25) is 0 Å². The monoisotopic (exact) mass is 340 g/mol. The lowest BCUT2D eigenvalue weighted by molar-refractivity contribution is -0.149. The van der Waals surface area contributed by atoms with Gasteiger partial charge in [-0.25, -0.2) is 4.79 Å². The highest BCUT2D eigenvalue weighted by molar-refractivity contribution is 5.91. The highest BCUT2D eigenvalue weighted by Crippen LogP contribution is 2.17. The summed E-state index contributed by atoms with van der Waals surface area (Å²) >= 11 is 0. The summed E-state index contributed by atoms with van der Waals surface area (Å²) in [5, 5.41) is 0. The van der Waals surface area contributed by atoms with E-state index in [0.29, 0.717) is 12.0 Å². The van der Waals surface area contributed by atoms with Gasteiger partial charge in [-0.3, -0.25) is 4.79 Å². The molecular formula is C21H24O4. The molecule has 2 aromatic carbocycles. The number of ether oxygens (including phenoxy) is 2. The van der Waals surface area contributed by atoms with E-state index in [4.69, 9.17) is 9.47 Å².